The normalized spacial score (nSPS) is 23.7. The Balaban J connectivity index is 2.04. The molecular weight excluding hydrogens is 148 g/mol. The van der Waals surface area contributed by atoms with E-state index >= 15 is 0 Å². The van der Waals surface area contributed by atoms with Crippen LogP contribution >= 0.6 is 0 Å². The van der Waals surface area contributed by atoms with Crippen LogP contribution in [0.25, 0.3) is 0 Å². The summed E-state index contributed by atoms with van der Waals surface area (Å²) in [6.45, 7) is 3.13. The Morgan fingerprint density at radius 1 is 1.73 bits per heavy atom. The van der Waals surface area contributed by atoms with E-state index in [2.05, 4.69) is 4.74 Å². The fraction of sp³-hybridized carbons (Fsp3) is 0.857. The van der Waals surface area contributed by atoms with E-state index < -0.39 is 0 Å². The molecule has 0 aliphatic carbocycles. The number of ether oxygens (including phenoxy) is 3. The molecule has 1 heterocycles. The van der Waals surface area contributed by atoms with Crippen molar-refractivity contribution >= 4 is 5.97 Å². The second-order valence-corrected chi connectivity index (χ2v) is 2.29. The smallest absolute Gasteiger partial charge is 0.308 e. The molecule has 0 radical (unpaired) electrons. The van der Waals surface area contributed by atoms with Crippen LogP contribution < -0.4 is 0 Å². The van der Waals surface area contributed by atoms with Crippen LogP contribution in [0.1, 0.15) is 13.3 Å². The van der Waals surface area contributed by atoms with Gasteiger partial charge in [0.1, 0.15) is 19.5 Å². The Hall–Kier alpha value is -0.610. The minimum atomic E-state index is -0.188. The van der Waals surface area contributed by atoms with Gasteiger partial charge in [-0.3, -0.25) is 4.79 Å². The monoisotopic (exact) mass is 160 g/mol. The van der Waals surface area contributed by atoms with Crippen molar-refractivity contribution in [2.45, 2.75) is 19.4 Å². The molecule has 0 aromatic heterocycles. The maximum absolute atomic E-state index is 10.5. The molecular formula is C7H12O4. The van der Waals surface area contributed by atoms with Crippen LogP contribution in [0, 0.1) is 0 Å². The summed E-state index contributed by atoms with van der Waals surface area (Å²) < 4.78 is 14.8. The van der Waals surface area contributed by atoms with Gasteiger partial charge < -0.3 is 14.2 Å². The average molecular weight is 160 g/mol. The predicted molar refractivity (Wildman–Crippen MR) is 36.9 cm³/mol. The fourth-order valence-corrected chi connectivity index (χ4v) is 0.824. The van der Waals surface area contributed by atoms with Crippen molar-refractivity contribution in [3.05, 3.63) is 0 Å². The Bertz CT molecular complexity index is 134. The number of esters is 1. The van der Waals surface area contributed by atoms with Crippen LogP contribution in [-0.4, -0.2) is 32.1 Å². The van der Waals surface area contributed by atoms with E-state index in [1.807, 2.05) is 6.92 Å². The molecule has 0 amide bonds. The minimum Gasteiger partial charge on any atom is -0.463 e. The summed E-state index contributed by atoms with van der Waals surface area (Å²) in [5, 5.41) is 0. The zero-order valence-corrected chi connectivity index (χ0v) is 6.54. The average Bonchev–Trinajstić information content (AvgIpc) is 2.37. The minimum absolute atomic E-state index is 0.103. The van der Waals surface area contributed by atoms with Crippen molar-refractivity contribution < 1.29 is 19.0 Å². The maximum atomic E-state index is 10.5. The second kappa shape index (κ2) is 4.31. The van der Waals surface area contributed by atoms with E-state index in [-0.39, 0.29) is 18.9 Å². The van der Waals surface area contributed by atoms with Crippen LogP contribution in [0.3, 0.4) is 0 Å². The molecule has 1 fully saturated rings. The van der Waals surface area contributed by atoms with Gasteiger partial charge in [0, 0.05) is 6.61 Å². The summed E-state index contributed by atoms with van der Waals surface area (Å²) in [6.07, 6.45) is 0.252. The van der Waals surface area contributed by atoms with Gasteiger partial charge in [0.05, 0.1) is 6.42 Å². The number of hydrogen-bond donors (Lipinski definition) is 0. The van der Waals surface area contributed by atoms with Crippen LogP contribution in [0.2, 0.25) is 0 Å². The Labute approximate surface area is 65.4 Å². The Morgan fingerprint density at radius 2 is 2.55 bits per heavy atom. The number of rotatable bonds is 4. The van der Waals surface area contributed by atoms with Gasteiger partial charge in [0.15, 0.2) is 0 Å². The van der Waals surface area contributed by atoms with Gasteiger partial charge >= 0.3 is 5.97 Å². The van der Waals surface area contributed by atoms with Gasteiger partial charge in [-0.2, -0.15) is 0 Å². The Morgan fingerprint density at radius 3 is 3.09 bits per heavy atom. The third-order valence-electron chi connectivity index (χ3n) is 1.42. The zero-order valence-electron chi connectivity index (χ0n) is 6.54. The standard InChI is InChI=1S/C7H12O4/c1-2-9-5-11-6-3-7(8)10-4-6/h6H,2-5H2,1H3. The molecule has 4 heteroatoms. The lowest BCUT2D eigenvalue weighted by molar-refractivity contribution is -0.137. The molecule has 1 atom stereocenters. The highest BCUT2D eigenvalue weighted by Gasteiger charge is 2.23. The number of hydrogen-bond acceptors (Lipinski definition) is 4. The Kier molecular flexibility index (Phi) is 3.32. The van der Waals surface area contributed by atoms with Crippen LogP contribution in [0.15, 0.2) is 0 Å². The molecule has 4 nitrogen and oxygen atoms in total. The van der Waals surface area contributed by atoms with Crippen LogP contribution in [0.5, 0.6) is 0 Å². The summed E-state index contributed by atoms with van der Waals surface area (Å²) in [5.41, 5.74) is 0. The van der Waals surface area contributed by atoms with Gasteiger partial charge in [-0.15, -0.1) is 0 Å². The number of carbonyl (C=O) groups is 1. The number of cyclic esters (lactones) is 1. The van der Waals surface area contributed by atoms with E-state index in [0.29, 0.717) is 19.6 Å². The van der Waals surface area contributed by atoms with Crippen molar-refractivity contribution in [3.8, 4) is 0 Å². The first-order valence-corrected chi connectivity index (χ1v) is 3.68. The molecule has 0 bridgehead atoms. The molecule has 1 saturated heterocycles. The molecule has 0 aromatic rings. The quantitative estimate of drug-likeness (QED) is 0.337. The van der Waals surface area contributed by atoms with Crippen LogP contribution in [-0.2, 0) is 19.0 Å². The summed E-state index contributed by atoms with van der Waals surface area (Å²) in [7, 11) is 0. The summed E-state index contributed by atoms with van der Waals surface area (Å²) in [4.78, 5) is 10.5. The molecule has 1 unspecified atom stereocenters. The van der Waals surface area contributed by atoms with Gasteiger partial charge in [-0.05, 0) is 6.92 Å². The molecule has 1 aliphatic heterocycles. The zero-order chi connectivity index (χ0) is 8.10. The molecule has 0 aromatic carbocycles. The topological polar surface area (TPSA) is 44.8 Å². The first-order valence-electron chi connectivity index (χ1n) is 3.68. The van der Waals surface area contributed by atoms with Crippen molar-refractivity contribution in [2.24, 2.45) is 0 Å². The highest BCUT2D eigenvalue weighted by molar-refractivity contribution is 5.71. The molecule has 11 heavy (non-hydrogen) atoms. The van der Waals surface area contributed by atoms with E-state index in [4.69, 9.17) is 9.47 Å². The van der Waals surface area contributed by atoms with Crippen molar-refractivity contribution in [3.63, 3.8) is 0 Å². The SMILES string of the molecule is CCOCOC1COC(=O)C1. The predicted octanol–water partition coefficient (Wildman–Crippen LogP) is 0.312. The maximum Gasteiger partial charge on any atom is 0.308 e. The van der Waals surface area contributed by atoms with Crippen molar-refractivity contribution in [1.82, 2.24) is 0 Å². The first kappa shape index (κ1) is 8.49. The molecule has 0 N–H and O–H groups in total. The second-order valence-electron chi connectivity index (χ2n) is 2.29. The van der Waals surface area contributed by atoms with Gasteiger partial charge in [-0.1, -0.05) is 0 Å². The van der Waals surface area contributed by atoms with Crippen molar-refractivity contribution in [1.29, 1.82) is 0 Å². The third-order valence-corrected chi connectivity index (χ3v) is 1.42. The highest BCUT2D eigenvalue weighted by Crippen LogP contribution is 2.09. The highest BCUT2D eigenvalue weighted by atomic mass is 16.7. The largest absolute Gasteiger partial charge is 0.463 e. The molecule has 0 spiro atoms. The van der Waals surface area contributed by atoms with Crippen LogP contribution in [0.4, 0.5) is 0 Å². The van der Waals surface area contributed by atoms with E-state index in [1.54, 1.807) is 0 Å². The fourth-order valence-electron chi connectivity index (χ4n) is 0.824. The first-order chi connectivity index (χ1) is 5.33. The van der Waals surface area contributed by atoms with E-state index in [0.717, 1.165) is 0 Å². The third kappa shape index (κ3) is 2.86. The van der Waals surface area contributed by atoms with Gasteiger partial charge in [0.25, 0.3) is 0 Å². The van der Waals surface area contributed by atoms with Crippen molar-refractivity contribution in [2.75, 3.05) is 20.0 Å². The summed E-state index contributed by atoms with van der Waals surface area (Å²) >= 11 is 0. The lowest BCUT2D eigenvalue weighted by atomic mass is 10.3. The lowest BCUT2D eigenvalue weighted by Crippen LogP contribution is -2.14. The molecule has 1 aliphatic rings. The summed E-state index contributed by atoms with van der Waals surface area (Å²) in [5.74, 6) is -0.188. The van der Waals surface area contributed by atoms with Gasteiger partial charge in [-0.25, -0.2) is 0 Å². The lowest BCUT2D eigenvalue weighted by Gasteiger charge is -2.06. The van der Waals surface area contributed by atoms with E-state index in [1.165, 1.54) is 0 Å². The van der Waals surface area contributed by atoms with Gasteiger partial charge in [0.2, 0.25) is 0 Å². The molecule has 64 valence electrons. The number of carbonyl (C=O) groups excluding carboxylic acids is 1. The summed E-state index contributed by atoms with van der Waals surface area (Å²) in [6, 6.07) is 0. The van der Waals surface area contributed by atoms with E-state index in [9.17, 15) is 4.79 Å². The molecule has 1 rings (SSSR count). The molecule has 0 saturated carbocycles.